The first-order chi connectivity index (χ1) is 11.1. The van der Waals surface area contributed by atoms with E-state index in [1.54, 1.807) is 10.9 Å². The van der Waals surface area contributed by atoms with Crippen LogP contribution in [0.5, 0.6) is 0 Å². The molecule has 1 unspecified atom stereocenters. The zero-order chi connectivity index (χ0) is 16.3. The predicted molar refractivity (Wildman–Crippen MR) is 87.3 cm³/mol. The number of nitrogens with zero attached hydrogens (tertiary/aromatic N) is 4. The predicted octanol–water partition coefficient (Wildman–Crippen LogP) is 2.86. The molecule has 2 aromatic rings. The Morgan fingerprint density at radius 2 is 1.96 bits per heavy atom. The number of nitroso groups, excluding NO2 is 1. The van der Waals surface area contributed by atoms with Crippen LogP contribution in [0, 0.1) is 4.91 Å². The number of hydrogen-bond donors (Lipinski definition) is 0. The number of hydrogen-bond acceptors (Lipinski definition) is 4. The van der Waals surface area contributed by atoms with Gasteiger partial charge in [0.1, 0.15) is 5.69 Å². The summed E-state index contributed by atoms with van der Waals surface area (Å²) in [5.41, 5.74) is 0.500. The lowest BCUT2D eigenvalue weighted by Crippen LogP contribution is -2.46. The molecule has 3 rings (SSSR count). The van der Waals surface area contributed by atoms with Gasteiger partial charge < -0.3 is 4.90 Å². The lowest BCUT2D eigenvalue weighted by Gasteiger charge is -2.33. The standard InChI is InChI=1S/C17H20N4O2/c1-17(14-7-3-2-4-8-14,16(22)20-9-5-6-10-20)13-21-12-15(19-23)11-18-21/h2-4,7-8,11-12H,5-6,9-10,13H2,1H3. The van der Waals surface area contributed by atoms with Crippen molar-refractivity contribution < 1.29 is 4.79 Å². The Balaban J connectivity index is 1.95. The van der Waals surface area contributed by atoms with Crippen LogP contribution in [0.4, 0.5) is 5.69 Å². The summed E-state index contributed by atoms with van der Waals surface area (Å²) in [7, 11) is 0. The summed E-state index contributed by atoms with van der Waals surface area (Å²) in [6.45, 7) is 3.93. The molecule has 120 valence electrons. The molecule has 0 N–H and O–H groups in total. The third-order valence-corrected chi connectivity index (χ3v) is 4.48. The number of aromatic nitrogens is 2. The molecule has 6 heteroatoms. The zero-order valence-electron chi connectivity index (χ0n) is 13.2. The van der Waals surface area contributed by atoms with Crippen molar-refractivity contribution in [3.63, 3.8) is 0 Å². The molecule has 0 aliphatic carbocycles. The summed E-state index contributed by atoms with van der Waals surface area (Å²) in [4.78, 5) is 25.7. The van der Waals surface area contributed by atoms with Crippen LogP contribution in [0.25, 0.3) is 0 Å². The highest BCUT2D eigenvalue weighted by Gasteiger charge is 2.39. The van der Waals surface area contributed by atoms with Crippen molar-refractivity contribution in [2.75, 3.05) is 13.1 Å². The summed E-state index contributed by atoms with van der Waals surface area (Å²) >= 11 is 0. The molecule has 0 saturated carbocycles. The first kappa shape index (κ1) is 15.4. The van der Waals surface area contributed by atoms with Crippen LogP contribution in [-0.4, -0.2) is 33.7 Å². The van der Waals surface area contributed by atoms with Gasteiger partial charge in [-0.05, 0) is 30.5 Å². The number of benzene rings is 1. The lowest BCUT2D eigenvalue weighted by atomic mass is 9.81. The summed E-state index contributed by atoms with van der Waals surface area (Å²) in [6, 6.07) is 9.75. The van der Waals surface area contributed by atoms with Crippen LogP contribution in [0.3, 0.4) is 0 Å². The minimum absolute atomic E-state index is 0.109. The van der Waals surface area contributed by atoms with Crippen molar-refractivity contribution in [1.29, 1.82) is 0 Å². The van der Waals surface area contributed by atoms with E-state index in [1.165, 1.54) is 6.20 Å². The Morgan fingerprint density at radius 1 is 1.26 bits per heavy atom. The van der Waals surface area contributed by atoms with Crippen molar-refractivity contribution in [2.45, 2.75) is 31.7 Å². The van der Waals surface area contributed by atoms with Crippen LogP contribution in [0.2, 0.25) is 0 Å². The van der Waals surface area contributed by atoms with Crippen LogP contribution in [0.15, 0.2) is 47.9 Å². The number of likely N-dealkylation sites (tertiary alicyclic amines) is 1. The number of rotatable bonds is 5. The van der Waals surface area contributed by atoms with E-state index >= 15 is 0 Å². The average Bonchev–Trinajstić information content (AvgIpc) is 3.26. The largest absolute Gasteiger partial charge is 0.342 e. The topological polar surface area (TPSA) is 67.6 Å². The molecule has 1 aliphatic rings. The van der Waals surface area contributed by atoms with Crippen LogP contribution >= 0.6 is 0 Å². The Bertz CT molecular complexity index is 692. The van der Waals surface area contributed by atoms with Gasteiger partial charge in [-0.25, -0.2) is 0 Å². The van der Waals surface area contributed by atoms with Crippen molar-refractivity contribution >= 4 is 11.6 Å². The maximum atomic E-state index is 13.1. The van der Waals surface area contributed by atoms with Gasteiger partial charge in [0.15, 0.2) is 0 Å². The lowest BCUT2D eigenvalue weighted by molar-refractivity contribution is -0.136. The maximum absolute atomic E-state index is 13.1. The van der Waals surface area contributed by atoms with E-state index < -0.39 is 5.41 Å². The normalized spacial score (nSPS) is 17.0. The molecule has 1 aromatic carbocycles. The van der Waals surface area contributed by atoms with Gasteiger partial charge in [-0.1, -0.05) is 30.3 Å². The third kappa shape index (κ3) is 3.02. The molecule has 0 bridgehead atoms. The molecule has 2 heterocycles. The van der Waals surface area contributed by atoms with E-state index in [4.69, 9.17) is 0 Å². The van der Waals surface area contributed by atoms with Crippen molar-refractivity contribution in [1.82, 2.24) is 14.7 Å². The van der Waals surface area contributed by atoms with E-state index in [2.05, 4.69) is 10.3 Å². The van der Waals surface area contributed by atoms with Crippen LogP contribution in [-0.2, 0) is 16.8 Å². The number of carbonyl (C=O) groups is 1. The summed E-state index contributed by atoms with van der Waals surface area (Å²) < 4.78 is 1.62. The Hall–Kier alpha value is -2.50. The second kappa shape index (κ2) is 6.32. The van der Waals surface area contributed by atoms with E-state index in [0.717, 1.165) is 31.5 Å². The van der Waals surface area contributed by atoms with Crippen molar-refractivity contribution in [3.05, 3.63) is 53.2 Å². The molecule has 1 saturated heterocycles. The molecular weight excluding hydrogens is 292 g/mol. The van der Waals surface area contributed by atoms with Gasteiger partial charge in [0.2, 0.25) is 5.91 Å². The molecule has 6 nitrogen and oxygen atoms in total. The van der Waals surface area contributed by atoms with Gasteiger partial charge in [0.05, 0.1) is 24.4 Å². The highest BCUT2D eigenvalue weighted by Crippen LogP contribution is 2.30. The minimum atomic E-state index is -0.724. The van der Waals surface area contributed by atoms with Crippen LogP contribution in [0.1, 0.15) is 25.3 Å². The monoisotopic (exact) mass is 312 g/mol. The zero-order valence-corrected chi connectivity index (χ0v) is 13.2. The quantitative estimate of drug-likeness (QED) is 0.797. The summed E-state index contributed by atoms with van der Waals surface area (Å²) in [5, 5.41) is 7.05. The molecule has 1 fully saturated rings. The van der Waals surface area contributed by atoms with Gasteiger partial charge in [-0.3, -0.25) is 9.48 Å². The maximum Gasteiger partial charge on any atom is 0.234 e. The summed E-state index contributed by atoms with van der Waals surface area (Å²) in [6.07, 6.45) is 5.10. The highest BCUT2D eigenvalue weighted by atomic mass is 16.3. The second-order valence-corrected chi connectivity index (χ2v) is 6.18. The SMILES string of the molecule is CC(Cn1cc(N=O)cn1)(C(=O)N1CCCC1)c1ccccc1. The van der Waals surface area contributed by atoms with E-state index in [9.17, 15) is 9.70 Å². The molecule has 23 heavy (non-hydrogen) atoms. The fourth-order valence-corrected chi connectivity index (χ4v) is 3.17. The Labute approximate surface area is 135 Å². The number of amides is 1. The van der Waals surface area contributed by atoms with Gasteiger partial charge in [-0.15, -0.1) is 4.91 Å². The Kier molecular flexibility index (Phi) is 4.23. The molecular formula is C17H20N4O2. The highest BCUT2D eigenvalue weighted by molar-refractivity contribution is 5.88. The fraction of sp³-hybridized carbons (Fsp3) is 0.412. The first-order valence-corrected chi connectivity index (χ1v) is 7.84. The van der Waals surface area contributed by atoms with E-state index in [0.29, 0.717) is 6.54 Å². The van der Waals surface area contributed by atoms with Gasteiger partial charge in [0, 0.05) is 13.1 Å². The second-order valence-electron chi connectivity index (χ2n) is 6.18. The van der Waals surface area contributed by atoms with Crippen LogP contribution < -0.4 is 0 Å². The molecule has 0 radical (unpaired) electrons. The molecule has 1 atom stereocenters. The first-order valence-electron chi connectivity index (χ1n) is 7.84. The fourth-order valence-electron chi connectivity index (χ4n) is 3.17. The minimum Gasteiger partial charge on any atom is -0.342 e. The molecule has 1 aliphatic heterocycles. The van der Waals surface area contributed by atoms with Gasteiger partial charge in [-0.2, -0.15) is 5.10 Å². The summed E-state index contributed by atoms with van der Waals surface area (Å²) in [5.74, 6) is 0.109. The molecule has 1 aromatic heterocycles. The molecule has 1 amide bonds. The van der Waals surface area contributed by atoms with Gasteiger partial charge in [0.25, 0.3) is 0 Å². The third-order valence-electron chi connectivity index (χ3n) is 4.48. The van der Waals surface area contributed by atoms with E-state index in [1.807, 2.05) is 42.2 Å². The number of carbonyl (C=O) groups excluding carboxylic acids is 1. The molecule has 0 spiro atoms. The van der Waals surface area contributed by atoms with E-state index in [-0.39, 0.29) is 11.6 Å². The van der Waals surface area contributed by atoms with Gasteiger partial charge >= 0.3 is 0 Å². The van der Waals surface area contributed by atoms with Crippen molar-refractivity contribution in [2.24, 2.45) is 5.18 Å². The Morgan fingerprint density at radius 3 is 2.57 bits per heavy atom. The van der Waals surface area contributed by atoms with Crippen molar-refractivity contribution in [3.8, 4) is 0 Å². The smallest absolute Gasteiger partial charge is 0.234 e. The average molecular weight is 312 g/mol.